The molecule has 0 bridgehead atoms. The van der Waals surface area contributed by atoms with Crippen LogP contribution in [0.25, 0.3) is 17.1 Å². The number of ether oxygens (including phenoxy) is 1. The van der Waals surface area contributed by atoms with E-state index in [4.69, 9.17) is 9.72 Å². The Morgan fingerprint density at radius 3 is 2.53 bits per heavy atom. The van der Waals surface area contributed by atoms with Gasteiger partial charge in [-0.05, 0) is 66.6 Å². The summed E-state index contributed by atoms with van der Waals surface area (Å²) in [5.41, 5.74) is 4.55. The van der Waals surface area contributed by atoms with E-state index in [-0.39, 0.29) is 5.91 Å². The van der Waals surface area contributed by atoms with Gasteiger partial charge in [0.1, 0.15) is 18.2 Å². The zero-order chi connectivity index (χ0) is 26.6. The van der Waals surface area contributed by atoms with E-state index in [9.17, 15) is 4.79 Å². The number of aromatic nitrogens is 2. The van der Waals surface area contributed by atoms with Crippen LogP contribution in [0.2, 0.25) is 0 Å². The summed E-state index contributed by atoms with van der Waals surface area (Å²) >= 11 is 0. The second-order valence-corrected chi connectivity index (χ2v) is 9.74. The van der Waals surface area contributed by atoms with Gasteiger partial charge in [-0.15, -0.1) is 0 Å². The topological polar surface area (TPSA) is 56.1 Å². The van der Waals surface area contributed by atoms with Crippen LogP contribution < -0.4 is 10.1 Å². The van der Waals surface area contributed by atoms with Crippen LogP contribution in [0.3, 0.4) is 0 Å². The first-order chi connectivity index (χ1) is 18.6. The van der Waals surface area contributed by atoms with Gasteiger partial charge >= 0.3 is 0 Å². The number of aryl methyl sites for hydroxylation is 1. The number of unbranched alkanes of at least 4 members (excludes halogenated alkanes) is 2. The fourth-order valence-electron chi connectivity index (χ4n) is 4.54. The third-order valence-corrected chi connectivity index (χ3v) is 6.98. The molecule has 0 aliphatic heterocycles. The second-order valence-electron chi connectivity index (χ2n) is 9.74. The molecule has 38 heavy (non-hydrogen) atoms. The van der Waals surface area contributed by atoms with Crippen molar-refractivity contribution in [1.29, 1.82) is 0 Å². The molecule has 1 unspecified atom stereocenters. The second kappa shape index (κ2) is 14.2. The highest BCUT2D eigenvalue weighted by Crippen LogP contribution is 2.22. The highest BCUT2D eigenvalue weighted by Gasteiger charge is 2.11. The Morgan fingerprint density at radius 1 is 0.974 bits per heavy atom. The summed E-state index contributed by atoms with van der Waals surface area (Å²) in [6, 6.07) is 26.6. The summed E-state index contributed by atoms with van der Waals surface area (Å²) < 4.78 is 8.38. The van der Waals surface area contributed by atoms with E-state index < -0.39 is 0 Å². The molecule has 0 saturated heterocycles. The minimum absolute atomic E-state index is 0.0508. The third kappa shape index (κ3) is 7.82. The molecule has 0 aliphatic carbocycles. The van der Waals surface area contributed by atoms with E-state index in [2.05, 4.69) is 66.2 Å². The predicted octanol–water partition coefficient (Wildman–Crippen LogP) is 7.17. The van der Waals surface area contributed by atoms with E-state index in [1.807, 2.05) is 42.5 Å². The van der Waals surface area contributed by atoms with Crippen LogP contribution in [0, 0.1) is 0 Å². The number of hydrogen-bond acceptors (Lipinski definition) is 3. The highest BCUT2D eigenvalue weighted by atomic mass is 16.5. The Balaban J connectivity index is 1.23. The van der Waals surface area contributed by atoms with Gasteiger partial charge in [-0.2, -0.15) is 0 Å². The van der Waals surface area contributed by atoms with Crippen LogP contribution in [0.5, 0.6) is 5.75 Å². The Bertz CT molecular complexity index is 1310. The summed E-state index contributed by atoms with van der Waals surface area (Å²) in [5.74, 6) is 2.52. The van der Waals surface area contributed by atoms with Crippen LogP contribution in [-0.4, -0.2) is 28.6 Å². The number of rotatable bonds is 14. The van der Waals surface area contributed by atoms with E-state index in [0.29, 0.717) is 19.1 Å². The van der Waals surface area contributed by atoms with Crippen molar-refractivity contribution < 1.29 is 9.53 Å². The molecule has 1 N–H and O–H groups in total. The number of benzene rings is 3. The maximum absolute atomic E-state index is 12.1. The minimum Gasteiger partial charge on any atom is -0.492 e. The van der Waals surface area contributed by atoms with Crippen LogP contribution in [0.4, 0.5) is 0 Å². The van der Waals surface area contributed by atoms with Crippen molar-refractivity contribution in [3.05, 3.63) is 102 Å². The minimum atomic E-state index is -0.0508. The molecule has 1 aromatic heterocycles. The fraction of sp³-hybridized carbons (Fsp3) is 0.333. The van der Waals surface area contributed by atoms with Gasteiger partial charge in [0.15, 0.2) is 0 Å². The molecule has 3 aromatic carbocycles. The number of amides is 1. The zero-order valence-electron chi connectivity index (χ0n) is 22.6. The maximum atomic E-state index is 12.1. The van der Waals surface area contributed by atoms with E-state index in [1.54, 1.807) is 6.08 Å². The molecule has 1 heterocycles. The molecule has 0 saturated carbocycles. The van der Waals surface area contributed by atoms with Gasteiger partial charge in [-0.25, -0.2) is 4.98 Å². The monoisotopic (exact) mass is 509 g/mol. The van der Waals surface area contributed by atoms with E-state index >= 15 is 0 Å². The largest absolute Gasteiger partial charge is 0.492 e. The average molecular weight is 510 g/mol. The molecule has 4 aromatic rings. The lowest BCUT2D eigenvalue weighted by atomic mass is 9.99. The zero-order valence-corrected chi connectivity index (χ0v) is 22.6. The molecular weight excluding hydrogens is 470 g/mol. The standard InChI is InChI=1S/C33H39N3O2/c1-3-26(2)28-18-20-29(21-19-28)38-25-24-36-31-15-10-9-14-30(31)35-32(36)16-8-5-11-23-34-33(37)22-17-27-12-6-4-7-13-27/h4,6-7,9-10,12-15,17-22,26H,3,5,8,11,16,23-25H2,1-2H3,(H,34,37)/b22-17+. The lowest BCUT2D eigenvalue weighted by molar-refractivity contribution is -0.116. The van der Waals surface area contributed by atoms with Gasteiger partial charge in [0.25, 0.3) is 0 Å². The molecule has 0 fully saturated rings. The van der Waals surface area contributed by atoms with Crippen molar-refractivity contribution in [1.82, 2.24) is 14.9 Å². The van der Waals surface area contributed by atoms with Gasteiger partial charge in [0, 0.05) is 19.0 Å². The average Bonchev–Trinajstić information content (AvgIpc) is 3.31. The van der Waals surface area contributed by atoms with Gasteiger partial charge in [-0.1, -0.05) is 74.9 Å². The van der Waals surface area contributed by atoms with Crippen LogP contribution in [0.1, 0.15) is 62.4 Å². The molecule has 0 aliphatic rings. The Kier molecular flexibility index (Phi) is 10.1. The van der Waals surface area contributed by atoms with Crippen molar-refractivity contribution in [3.8, 4) is 5.75 Å². The summed E-state index contributed by atoms with van der Waals surface area (Å²) in [4.78, 5) is 17.0. The van der Waals surface area contributed by atoms with Crippen molar-refractivity contribution in [3.63, 3.8) is 0 Å². The molecule has 5 heteroatoms. The van der Waals surface area contributed by atoms with E-state index in [1.165, 1.54) is 5.56 Å². The quantitative estimate of drug-likeness (QED) is 0.145. The van der Waals surface area contributed by atoms with Gasteiger partial charge in [-0.3, -0.25) is 4.79 Å². The molecule has 5 nitrogen and oxygen atoms in total. The van der Waals surface area contributed by atoms with Gasteiger partial charge in [0.05, 0.1) is 17.6 Å². The number of hydrogen-bond donors (Lipinski definition) is 1. The van der Waals surface area contributed by atoms with Crippen molar-refractivity contribution in [2.75, 3.05) is 13.2 Å². The Hall–Kier alpha value is -3.86. The number of nitrogens with one attached hydrogen (secondary N) is 1. The molecule has 4 rings (SSSR count). The number of nitrogens with zero attached hydrogens (tertiary/aromatic N) is 2. The number of carbonyl (C=O) groups is 1. The van der Waals surface area contributed by atoms with Gasteiger partial charge < -0.3 is 14.6 Å². The summed E-state index contributed by atoms with van der Waals surface area (Å²) in [5, 5.41) is 2.98. The smallest absolute Gasteiger partial charge is 0.243 e. The summed E-state index contributed by atoms with van der Waals surface area (Å²) in [6.45, 7) is 6.50. The first kappa shape index (κ1) is 27.2. The normalized spacial score (nSPS) is 12.2. The molecular formula is C33H39N3O2. The number of carbonyl (C=O) groups excluding carboxylic acids is 1. The molecule has 0 radical (unpaired) electrons. The summed E-state index contributed by atoms with van der Waals surface area (Å²) in [7, 11) is 0. The van der Waals surface area contributed by atoms with Crippen LogP contribution in [-0.2, 0) is 17.8 Å². The first-order valence-electron chi connectivity index (χ1n) is 13.8. The molecule has 1 amide bonds. The number of imidazole rings is 1. The molecule has 1 atom stereocenters. The lowest BCUT2D eigenvalue weighted by Crippen LogP contribution is -2.22. The van der Waals surface area contributed by atoms with Crippen molar-refractivity contribution >= 4 is 23.0 Å². The summed E-state index contributed by atoms with van der Waals surface area (Å²) in [6.07, 6.45) is 8.48. The van der Waals surface area contributed by atoms with E-state index in [0.717, 1.165) is 66.8 Å². The maximum Gasteiger partial charge on any atom is 0.243 e. The fourth-order valence-corrected chi connectivity index (χ4v) is 4.54. The van der Waals surface area contributed by atoms with Crippen LogP contribution >= 0.6 is 0 Å². The first-order valence-corrected chi connectivity index (χ1v) is 13.8. The lowest BCUT2D eigenvalue weighted by Gasteiger charge is -2.13. The molecule has 198 valence electrons. The number of fused-ring (bicyclic) bond motifs is 1. The predicted molar refractivity (Wildman–Crippen MR) is 156 cm³/mol. The van der Waals surface area contributed by atoms with Crippen LogP contribution in [0.15, 0.2) is 84.9 Å². The van der Waals surface area contributed by atoms with Crippen molar-refractivity contribution in [2.45, 2.75) is 58.4 Å². The van der Waals surface area contributed by atoms with Gasteiger partial charge in [0.2, 0.25) is 5.91 Å². The highest BCUT2D eigenvalue weighted by molar-refractivity contribution is 5.91. The third-order valence-electron chi connectivity index (χ3n) is 6.98. The van der Waals surface area contributed by atoms with Crippen molar-refractivity contribution in [2.24, 2.45) is 0 Å². The Labute approximate surface area is 226 Å². The Morgan fingerprint density at radius 2 is 1.74 bits per heavy atom. The SMILES string of the molecule is CCC(C)c1ccc(OCCn2c(CCCCCNC(=O)/C=C/c3ccccc3)nc3ccccc32)cc1. The molecule has 0 spiro atoms. The number of para-hydroxylation sites is 2.